The van der Waals surface area contributed by atoms with Gasteiger partial charge in [0.1, 0.15) is 11.6 Å². The highest BCUT2D eigenvalue weighted by Gasteiger charge is 2.08. The molecule has 0 saturated carbocycles. The van der Waals surface area contributed by atoms with E-state index in [4.69, 9.17) is 5.26 Å². The number of nitriles is 1. The monoisotopic (exact) mass is 334 g/mol. The van der Waals surface area contributed by atoms with E-state index < -0.39 is 5.82 Å². The molecule has 0 bridgehead atoms. The summed E-state index contributed by atoms with van der Waals surface area (Å²) in [6.07, 6.45) is 0. The van der Waals surface area contributed by atoms with Gasteiger partial charge in [0, 0.05) is 27.8 Å². The normalized spacial score (nSPS) is 10.1. The molecular weight excluding hydrogens is 323 g/mol. The fourth-order valence-corrected chi connectivity index (χ4v) is 2.22. The van der Waals surface area contributed by atoms with E-state index >= 15 is 0 Å². The van der Waals surface area contributed by atoms with Gasteiger partial charge in [-0.2, -0.15) is 5.26 Å². The van der Waals surface area contributed by atoms with Gasteiger partial charge in [-0.25, -0.2) is 4.39 Å². The largest absolute Gasteiger partial charge is 0.508 e. The molecule has 0 saturated heterocycles. The summed E-state index contributed by atoms with van der Waals surface area (Å²) in [6.45, 7) is 1.97. The molecule has 0 atom stereocenters. The predicted octanol–water partition coefficient (Wildman–Crippen LogP) is 4.09. The zero-order valence-corrected chi connectivity index (χ0v) is 12.3. The molecule has 102 valence electrons. The lowest BCUT2D eigenvalue weighted by atomic mass is 10.1. The van der Waals surface area contributed by atoms with Crippen molar-refractivity contribution in [2.45, 2.75) is 13.5 Å². The lowest BCUT2D eigenvalue weighted by molar-refractivity contribution is 0.469. The number of halogens is 2. The summed E-state index contributed by atoms with van der Waals surface area (Å²) >= 11 is 3.33. The molecule has 0 aliphatic heterocycles. The number of aromatic hydroxyl groups is 1. The smallest absolute Gasteiger partial charge is 0.129 e. The van der Waals surface area contributed by atoms with Crippen molar-refractivity contribution in [1.29, 1.82) is 5.26 Å². The maximum Gasteiger partial charge on any atom is 0.129 e. The fraction of sp³-hybridized carbons (Fsp3) is 0.133. The summed E-state index contributed by atoms with van der Waals surface area (Å²) in [4.78, 5) is 0. The Hall–Kier alpha value is -2.06. The second kappa shape index (κ2) is 5.93. The zero-order chi connectivity index (χ0) is 14.7. The van der Waals surface area contributed by atoms with Crippen LogP contribution in [0.3, 0.4) is 0 Å². The molecule has 0 unspecified atom stereocenters. The Labute approximate surface area is 124 Å². The Kier molecular flexibility index (Phi) is 4.26. The molecule has 0 radical (unpaired) electrons. The average molecular weight is 335 g/mol. The molecular formula is C15H12BrFN2O. The van der Waals surface area contributed by atoms with E-state index in [9.17, 15) is 9.50 Å². The minimum atomic E-state index is -0.426. The summed E-state index contributed by atoms with van der Waals surface area (Å²) in [6, 6.07) is 9.81. The highest BCUT2D eigenvalue weighted by Crippen LogP contribution is 2.25. The predicted molar refractivity (Wildman–Crippen MR) is 79.0 cm³/mol. The highest BCUT2D eigenvalue weighted by atomic mass is 79.9. The molecule has 5 heteroatoms. The van der Waals surface area contributed by atoms with Crippen molar-refractivity contribution >= 4 is 21.6 Å². The average Bonchev–Trinajstić information content (AvgIpc) is 2.43. The van der Waals surface area contributed by atoms with Gasteiger partial charge in [-0.05, 0) is 37.3 Å². The molecule has 3 nitrogen and oxygen atoms in total. The lowest BCUT2D eigenvalue weighted by Crippen LogP contribution is -2.03. The number of nitrogens with zero attached hydrogens (tertiary/aromatic N) is 1. The van der Waals surface area contributed by atoms with Crippen molar-refractivity contribution in [2.24, 2.45) is 0 Å². The topological polar surface area (TPSA) is 56.0 Å². The first-order valence-electron chi connectivity index (χ1n) is 5.93. The molecule has 0 spiro atoms. The van der Waals surface area contributed by atoms with Gasteiger partial charge in [-0.1, -0.05) is 15.9 Å². The molecule has 0 fully saturated rings. The quantitative estimate of drug-likeness (QED) is 0.888. The third-order valence-electron chi connectivity index (χ3n) is 2.98. The Morgan fingerprint density at radius 1 is 1.35 bits per heavy atom. The highest BCUT2D eigenvalue weighted by molar-refractivity contribution is 9.10. The van der Waals surface area contributed by atoms with Crippen LogP contribution in [0.15, 0.2) is 34.8 Å². The molecule has 0 aliphatic rings. The van der Waals surface area contributed by atoms with Gasteiger partial charge in [-0.3, -0.25) is 0 Å². The number of nitrogens with one attached hydrogen (secondary N) is 1. The fourth-order valence-electron chi connectivity index (χ4n) is 1.81. The second-order valence-electron chi connectivity index (χ2n) is 4.37. The Morgan fingerprint density at radius 3 is 2.80 bits per heavy atom. The molecule has 0 amide bonds. The molecule has 2 aromatic carbocycles. The standard InChI is InChI=1S/C15H12BrFN2O/c1-9-13(17)4-10(7-18)5-14(9)19-8-11-6-12(16)2-3-15(11)20/h2-6,19-20H,8H2,1H3. The van der Waals surface area contributed by atoms with Crippen LogP contribution >= 0.6 is 15.9 Å². The Balaban J connectivity index is 2.25. The van der Waals surface area contributed by atoms with Gasteiger partial charge in [-0.15, -0.1) is 0 Å². The molecule has 0 aliphatic carbocycles. The van der Waals surface area contributed by atoms with E-state index in [1.165, 1.54) is 6.07 Å². The van der Waals surface area contributed by atoms with Gasteiger partial charge in [0.25, 0.3) is 0 Å². The van der Waals surface area contributed by atoms with Crippen LogP contribution in [0.5, 0.6) is 5.75 Å². The van der Waals surface area contributed by atoms with Crippen molar-refractivity contribution < 1.29 is 9.50 Å². The molecule has 2 rings (SSSR count). The van der Waals surface area contributed by atoms with E-state index in [2.05, 4.69) is 21.2 Å². The van der Waals surface area contributed by atoms with E-state index in [1.807, 2.05) is 6.07 Å². The van der Waals surface area contributed by atoms with Crippen LogP contribution in [0, 0.1) is 24.1 Å². The molecule has 2 N–H and O–H groups in total. The van der Waals surface area contributed by atoms with Crippen molar-refractivity contribution in [3.8, 4) is 11.8 Å². The van der Waals surface area contributed by atoms with Crippen LogP contribution in [-0.2, 0) is 6.54 Å². The van der Waals surface area contributed by atoms with Crippen molar-refractivity contribution in [3.05, 3.63) is 57.3 Å². The SMILES string of the molecule is Cc1c(F)cc(C#N)cc1NCc1cc(Br)ccc1O. The first-order chi connectivity index (χ1) is 9.51. The van der Waals surface area contributed by atoms with Gasteiger partial charge >= 0.3 is 0 Å². The van der Waals surface area contributed by atoms with Crippen molar-refractivity contribution in [3.63, 3.8) is 0 Å². The molecule has 2 aromatic rings. The summed E-state index contributed by atoms with van der Waals surface area (Å²) < 4.78 is 14.5. The Bertz CT molecular complexity index is 695. The van der Waals surface area contributed by atoms with Crippen LogP contribution in [-0.4, -0.2) is 5.11 Å². The summed E-state index contributed by atoms with van der Waals surface area (Å²) in [5, 5.41) is 21.6. The third kappa shape index (κ3) is 3.09. The summed E-state index contributed by atoms with van der Waals surface area (Å²) in [7, 11) is 0. The number of rotatable bonds is 3. The molecule has 0 heterocycles. The first-order valence-corrected chi connectivity index (χ1v) is 6.72. The van der Waals surface area contributed by atoms with Crippen LogP contribution in [0.25, 0.3) is 0 Å². The van der Waals surface area contributed by atoms with E-state index in [1.54, 1.807) is 31.2 Å². The lowest BCUT2D eigenvalue weighted by Gasteiger charge is -2.12. The summed E-state index contributed by atoms with van der Waals surface area (Å²) in [5.74, 6) is -0.264. The van der Waals surface area contributed by atoms with Gasteiger partial charge in [0.2, 0.25) is 0 Å². The number of phenolic OH excluding ortho intramolecular Hbond substituents is 1. The summed E-state index contributed by atoms with van der Waals surface area (Å²) in [5.41, 5.74) is 1.93. The minimum Gasteiger partial charge on any atom is -0.508 e. The Morgan fingerprint density at radius 2 is 2.10 bits per heavy atom. The number of anilines is 1. The van der Waals surface area contributed by atoms with Gasteiger partial charge in [0.15, 0.2) is 0 Å². The van der Waals surface area contributed by atoms with Crippen molar-refractivity contribution in [1.82, 2.24) is 0 Å². The van der Waals surface area contributed by atoms with Crippen LogP contribution in [0.1, 0.15) is 16.7 Å². The van der Waals surface area contributed by atoms with E-state index in [-0.39, 0.29) is 11.3 Å². The van der Waals surface area contributed by atoms with Gasteiger partial charge < -0.3 is 10.4 Å². The third-order valence-corrected chi connectivity index (χ3v) is 3.48. The van der Waals surface area contributed by atoms with Gasteiger partial charge in [0.05, 0.1) is 11.6 Å². The number of benzene rings is 2. The second-order valence-corrected chi connectivity index (χ2v) is 5.28. The van der Waals surface area contributed by atoms with Crippen molar-refractivity contribution in [2.75, 3.05) is 5.32 Å². The first kappa shape index (κ1) is 14.4. The number of phenols is 1. The van der Waals surface area contributed by atoms with Crippen LogP contribution in [0.2, 0.25) is 0 Å². The number of hydrogen-bond donors (Lipinski definition) is 2. The number of hydrogen-bond acceptors (Lipinski definition) is 3. The van der Waals surface area contributed by atoms with E-state index in [0.29, 0.717) is 23.4 Å². The van der Waals surface area contributed by atoms with Crippen LogP contribution in [0.4, 0.5) is 10.1 Å². The zero-order valence-electron chi connectivity index (χ0n) is 10.7. The molecule has 0 aromatic heterocycles. The maximum absolute atomic E-state index is 13.6. The minimum absolute atomic E-state index is 0.162. The van der Waals surface area contributed by atoms with E-state index in [0.717, 1.165) is 4.47 Å². The van der Waals surface area contributed by atoms with Crippen LogP contribution < -0.4 is 5.32 Å². The molecule has 20 heavy (non-hydrogen) atoms. The maximum atomic E-state index is 13.6.